The first-order valence-electron chi connectivity index (χ1n) is 4.41. The van der Waals surface area contributed by atoms with Gasteiger partial charge in [-0.05, 0) is 15.9 Å². The van der Waals surface area contributed by atoms with Crippen LogP contribution >= 0.6 is 15.9 Å². The Labute approximate surface area is 106 Å². The summed E-state index contributed by atoms with van der Waals surface area (Å²) in [4.78, 5) is 24.9. The van der Waals surface area contributed by atoms with Crippen LogP contribution in [0.15, 0.2) is 15.3 Å². The lowest BCUT2D eigenvalue weighted by Crippen LogP contribution is -2.47. The third-order valence-electron chi connectivity index (χ3n) is 1.76. The zero-order valence-electron chi connectivity index (χ0n) is 8.49. The number of nitrogens with one attached hydrogen (secondary N) is 1. The lowest BCUT2D eigenvalue weighted by molar-refractivity contribution is -0.175. The van der Waals surface area contributed by atoms with Crippen LogP contribution in [0.4, 0.5) is 13.2 Å². The van der Waals surface area contributed by atoms with Crippen LogP contribution in [0.3, 0.4) is 0 Å². The van der Waals surface area contributed by atoms with Gasteiger partial charge in [-0.25, -0.2) is 9.78 Å². The Hall–Kier alpha value is -1.58. The maximum atomic E-state index is 12.0. The van der Waals surface area contributed by atoms with Gasteiger partial charge in [0.05, 0.1) is 12.6 Å². The summed E-state index contributed by atoms with van der Waals surface area (Å²) in [6, 6.07) is -1.77. The standard InChI is InChI=1S/C8H6BrF3N2O4/c9-4-2-13-5(18-4)1-3(6(15)16)14-7(17)8(10,11)12/h2-3H,1H2,(H,14,17)(H,15,16). The summed E-state index contributed by atoms with van der Waals surface area (Å²) in [5.74, 6) is -4.07. The highest BCUT2D eigenvalue weighted by Crippen LogP contribution is 2.16. The first-order valence-corrected chi connectivity index (χ1v) is 5.20. The first-order chi connectivity index (χ1) is 8.20. The van der Waals surface area contributed by atoms with Crippen molar-refractivity contribution in [1.29, 1.82) is 0 Å². The molecule has 0 fully saturated rings. The molecule has 10 heteroatoms. The molecule has 1 unspecified atom stereocenters. The molecule has 0 spiro atoms. The number of alkyl halides is 3. The lowest BCUT2D eigenvalue weighted by Gasteiger charge is -2.13. The molecule has 100 valence electrons. The van der Waals surface area contributed by atoms with E-state index in [-0.39, 0.29) is 10.6 Å². The highest BCUT2D eigenvalue weighted by Gasteiger charge is 2.41. The summed E-state index contributed by atoms with van der Waals surface area (Å²) in [5, 5.41) is 10.0. The number of aliphatic carboxylic acids is 1. The Morgan fingerprint density at radius 2 is 2.17 bits per heavy atom. The predicted octanol–water partition coefficient (Wildman–Crippen LogP) is 1.11. The van der Waals surface area contributed by atoms with Crippen molar-refractivity contribution in [2.45, 2.75) is 18.6 Å². The van der Waals surface area contributed by atoms with Gasteiger partial charge in [0.25, 0.3) is 0 Å². The van der Waals surface area contributed by atoms with Gasteiger partial charge < -0.3 is 14.8 Å². The molecular formula is C8H6BrF3N2O4. The van der Waals surface area contributed by atoms with Crippen molar-refractivity contribution < 1.29 is 32.3 Å². The smallest absolute Gasteiger partial charge is 0.471 e. The Bertz CT molecular complexity index is 459. The van der Waals surface area contributed by atoms with Crippen LogP contribution in [0.2, 0.25) is 0 Å². The molecule has 1 amide bonds. The van der Waals surface area contributed by atoms with Gasteiger partial charge in [0, 0.05) is 0 Å². The van der Waals surface area contributed by atoms with E-state index in [1.807, 2.05) is 0 Å². The molecule has 1 aromatic heterocycles. The number of carboxylic acids is 1. The van der Waals surface area contributed by atoms with E-state index in [2.05, 4.69) is 20.9 Å². The molecule has 1 rings (SSSR count). The molecule has 0 aliphatic rings. The van der Waals surface area contributed by atoms with Crippen molar-refractivity contribution >= 4 is 27.8 Å². The van der Waals surface area contributed by atoms with Gasteiger partial charge in [-0.3, -0.25) is 4.79 Å². The van der Waals surface area contributed by atoms with Gasteiger partial charge in [-0.15, -0.1) is 0 Å². The second-order valence-corrected chi connectivity index (χ2v) is 3.91. The number of nitrogens with zero attached hydrogens (tertiary/aromatic N) is 1. The van der Waals surface area contributed by atoms with E-state index in [4.69, 9.17) is 9.52 Å². The molecule has 1 aromatic rings. The molecule has 1 atom stereocenters. The van der Waals surface area contributed by atoms with Gasteiger partial charge in [-0.1, -0.05) is 0 Å². The van der Waals surface area contributed by atoms with E-state index in [0.717, 1.165) is 0 Å². The van der Waals surface area contributed by atoms with Crippen molar-refractivity contribution in [2.75, 3.05) is 0 Å². The van der Waals surface area contributed by atoms with Crippen LogP contribution in [-0.2, 0) is 16.0 Å². The van der Waals surface area contributed by atoms with E-state index < -0.39 is 30.5 Å². The number of hydrogen-bond donors (Lipinski definition) is 2. The van der Waals surface area contributed by atoms with E-state index in [9.17, 15) is 22.8 Å². The summed E-state index contributed by atoms with van der Waals surface area (Å²) < 4.78 is 40.9. The van der Waals surface area contributed by atoms with Gasteiger partial charge in [-0.2, -0.15) is 13.2 Å². The highest BCUT2D eigenvalue weighted by atomic mass is 79.9. The normalized spacial score (nSPS) is 13.1. The number of oxazole rings is 1. The quantitative estimate of drug-likeness (QED) is 0.862. The fourth-order valence-corrected chi connectivity index (χ4v) is 1.29. The Morgan fingerprint density at radius 1 is 1.56 bits per heavy atom. The summed E-state index contributed by atoms with van der Waals surface area (Å²) in [7, 11) is 0. The third kappa shape index (κ3) is 4.02. The molecule has 0 saturated heterocycles. The minimum absolute atomic E-state index is 0.114. The van der Waals surface area contributed by atoms with Crippen LogP contribution in [0.25, 0.3) is 0 Å². The molecule has 0 radical (unpaired) electrons. The van der Waals surface area contributed by atoms with Gasteiger partial charge >= 0.3 is 18.1 Å². The molecule has 0 saturated carbocycles. The Kier molecular flexibility index (Phi) is 4.33. The second kappa shape index (κ2) is 5.38. The molecule has 0 aromatic carbocycles. The number of carbonyl (C=O) groups excluding carboxylic acids is 1. The van der Waals surface area contributed by atoms with Crippen LogP contribution in [-0.4, -0.2) is 34.2 Å². The number of carboxylic acid groups (broad SMARTS) is 1. The van der Waals surface area contributed by atoms with Crippen molar-refractivity contribution in [2.24, 2.45) is 0 Å². The lowest BCUT2D eigenvalue weighted by atomic mass is 10.2. The Morgan fingerprint density at radius 3 is 2.56 bits per heavy atom. The zero-order valence-corrected chi connectivity index (χ0v) is 10.1. The largest absolute Gasteiger partial charge is 0.480 e. The molecular weight excluding hydrogens is 325 g/mol. The average molecular weight is 331 g/mol. The van der Waals surface area contributed by atoms with Gasteiger partial charge in [0.2, 0.25) is 0 Å². The molecule has 0 aliphatic heterocycles. The molecule has 6 nitrogen and oxygen atoms in total. The van der Waals surface area contributed by atoms with Crippen LogP contribution < -0.4 is 5.32 Å². The maximum Gasteiger partial charge on any atom is 0.471 e. The number of hydrogen-bond acceptors (Lipinski definition) is 4. The summed E-state index contributed by atoms with van der Waals surface area (Å²) >= 11 is 2.90. The molecule has 0 aliphatic carbocycles. The fraction of sp³-hybridized carbons (Fsp3) is 0.375. The van der Waals surface area contributed by atoms with Gasteiger partial charge in [0.15, 0.2) is 10.6 Å². The van der Waals surface area contributed by atoms with Crippen LogP contribution in [0, 0.1) is 0 Å². The second-order valence-electron chi connectivity index (χ2n) is 3.12. The molecule has 1 heterocycles. The van der Waals surface area contributed by atoms with Crippen molar-refractivity contribution in [3.05, 3.63) is 16.8 Å². The van der Waals surface area contributed by atoms with Crippen LogP contribution in [0.5, 0.6) is 0 Å². The number of halogens is 4. The summed E-state index contributed by atoms with van der Waals surface area (Å²) in [6.45, 7) is 0. The van der Waals surface area contributed by atoms with E-state index >= 15 is 0 Å². The zero-order chi connectivity index (χ0) is 13.9. The predicted molar refractivity (Wildman–Crippen MR) is 53.5 cm³/mol. The number of rotatable bonds is 4. The highest BCUT2D eigenvalue weighted by molar-refractivity contribution is 9.10. The SMILES string of the molecule is O=C(O)C(Cc1ncc(Br)o1)NC(=O)C(F)(F)F. The Balaban J connectivity index is 2.73. The van der Waals surface area contributed by atoms with E-state index in [1.54, 1.807) is 0 Å². The molecule has 0 bridgehead atoms. The number of carbonyl (C=O) groups is 2. The van der Waals surface area contributed by atoms with Gasteiger partial charge in [0.1, 0.15) is 6.04 Å². The van der Waals surface area contributed by atoms with Crippen LogP contribution in [0.1, 0.15) is 5.89 Å². The monoisotopic (exact) mass is 330 g/mol. The summed E-state index contributed by atoms with van der Waals surface area (Å²) in [6.07, 6.45) is -4.44. The van der Waals surface area contributed by atoms with Crippen molar-refractivity contribution in [1.82, 2.24) is 10.3 Å². The average Bonchev–Trinajstić information content (AvgIpc) is 2.61. The minimum atomic E-state index is -5.15. The third-order valence-corrected chi connectivity index (χ3v) is 2.13. The topological polar surface area (TPSA) is 92.4 Å². The van der Waals surface area contributed by atoms with Crippen molar-refractivity contribution in [3.63, 3.8) is 0 Å². The maximum absolute atomic E-state index is 12.0. The first kappa shape index (κ1) is 14.5. The van der Waals surface area contributed by atoms with E-state index in [0.29, 0.717) is 0 Å². The minimum Gasteiger partial charge on any atom is -0.480 e. The van der Waals surface area contributed by atoms with E-state index in [1.165, 1.54) is 11.5 Å². The van der Waals surface area contributed by atoms with Crippen molar-refractivity contribution in [3.8, 4) is 0 Å². The number of aromatic nitrogens is 1. The number of amides is 1. The molecule has 2 N–H and O–H groups in total. The fourth-order valence-electron chi connectivity index (χ4n) is 0.997. The summed E-state index contributed by atoms with van der Waals surface area (Å²) in [5.41, 5.74) is 0. The molecule has 18 heavy (non-hydrogen) atoms.